The molecule has 6 nitrogen and oxygen atoms in total. The molecular weight excluding hydrogens is 342 g/mol. The van der Waals surface area contributed by atoms with Gasteiger partial charge in [0.05, 0.1) is 11.8 Å². The molecule has 2 aromatic rings. The Balaban J connectivity index is 1.69. The van der Waals surface area contributed by atoms with Crippen LogP contribution in [0.3, 0.4) is 0 Å². The third-order valence-electron chi connectivity index (χ3n) is 4.96. The molecule has 2 amide bonds. The van der Waals surface area contributed by atoms with Gasteiger partial charge in [0, 0.05) is 11.8 Å². The predicted octanol–water partition coefficient (Wildman–Crippen LogP) is 4.44. The second kappa shape index (κ2) is 7.55. The van der Waals surface area contributed by atoms with E-state index >= 15 is 0 Å². The summed E-state index contributed by atoms with van der Waals surface area (Å²) in [6.07, 6.45) is 0.551. The van der Waals surface area contributed by atoms with Gasteiger partial charge in [0.25, 0.3) is 0 Å². The molecule has 1 aromatic heterocycles. The number of hydrogen-bond acceptors (Lipinski definition) is 4. The molecule has 1 aliphatic rings. The van der Waals surface area contributed by atoms with Gasteiger partial charge >= 0.3 is 0 Å². The van der Waals surface area contributed by atoms with E-state index in [4.69, 9.17) is 4.52 Å². The summed E-state index contributed by atoms with van der Waals surface area (Å²) >= 11 is 0. The van der Waals surface area contributed by atoms with Gasteiger partial charge in [-0.2, -0.15) is 0 Å². The fourth-order valence-electron chi connectivity index (χ4n) is 3.33. The molecule has 144 valence electrons. The minimum Gasteiger partial charge on any atom is -0.360 e. The summed E-state index contributed by atoms with van der Waals surface area (Å²) in [7, 11) is 0. The zero-order chi connectivity index (χ0) is 19.7. The van der Waals surface area contributed by atoms with Crippen LogP contribution < -0.4 is 10.6 Å². The maximum atomic E-state index is 12.8. The van der Waals surface area contributed by atoms with Crippen molar-refractivity contribution >= 4 is 23.3 Å². The molecular formula is C21H27N3O3. The van der Waals surface area contributed by atoms with Gasteiger partial charge in [-0.15, -0.1) is 0 Å². The molecule has 0 spiro atoms. The van der Waals surface area contributed by atoms with Crippen molar-refractivity contribution in [3.8, 4) is 0 Å². The van der Waals surface area contributed by atoms with Crippen molar-refractivity contribution in [1.82, 2.24) is 5.16 Å². The lowest BCUT2D eigenvalue weighted by Crippen LogP contribution is -2.22. The highest BCUT2D eigenvalue weighted by Crippen LogP contribution is 2.41. The quantitative estimate of drug-likeness (QED) is 0.788. The zero-order valence-corrected chi connectivity index (χ0v) is 16.5. The van der Waals surface area contributed by atoms with E-state index in [1.54, 1.807) is 13.0 Å². The summed E-state index contributed by atoms with van der Waals surface area (Å²) in [6.45, 7) is 10.2. The smallest absolute Gasteiger partial charge is 0.229 e. The lowest BCUT2D eigenvalue weighted by atomic mass is 9.92. The Bertz CT molecular complexity index is 828. The molecule has 0 aliphatic heterocycles. The number of para-hydroxylation sites is 1. The molecule has 6 heteroatoms. The maximum Gasteiger partial charge on any atom is 0.229 e. The molecule has 2 atom stereocenters. The van der Waals surface area contributed by atoms with E-state index in [1.165, 1.54) is 0 Å². The maximum absolute atomic E-state index is 12.8. The van der Waals surface area contributed by atoms with Crippen LogP contribution in [0, 0.1) is 18.8 Å². The van der Waals surface area contributed by atoms with Gasteiger partial charge in [-0.1, -0.05) is 51.1 Å². The highest BCUT2D eigenvalue weighted by atomic mass is 16.5. The van der Waals surface area contributed by atoms with Gasteiger partial charge in [-0.05, 0) is 36.3 Å². The van der Waals surface area contributed by atoms with Gasteiger partial charge < -0.3 is 15.2 Å². The van der Waals surface area contributed by atoms with Crippen molar-refractivity contribution in [3.63, 3.8) is 0 Å². The van der Waals surface area contributed by atoms with Gasteiger partial charge in [-0.25, -0.2) is 0 Å². The summed E-state index contributed by atoms with van der Waals surface area (Å²) in [4.78, 5) is 25.1. The monoisotopic (exact) mass is 369 g/mol. The molecule has 1 aliphatic carbocycles. The standard InChI is InChI=1S/C21H27N3O3/c1-11(2)14-7-6-8-15(12(3)4)19(14)23-21(26)17-10-16(17)20(25)22-18-9-13(5)27-24-18/h6-9,11-12,16-17H,10H2,1-5H3,(H,23,26)(H,22,24,25). The molecule has 0 saturated heterocycles. The van der Waals surface area contributed by atoms with Crippen LogP contribution in [0.1, 0.15) is 62.8 Å². The Kier molecular flexibility index (Phi) is 5.35. The first-order valence-electron chi connectivity index (χ1n) is 9.45. The first-order valence-corrected chi connectivity index (χ1v) is 9.45. The van der Waals surface area contributed by atoms with Gasteiger partial charge in [0.15, 0.2) is 5.82 Å². The Morgan fingerprint density at radius 2 is 1.59 bits per heavy atom. The molecule has 0 radical (unpaired) electrons. The van der Waals surface area contributed by atoms with Crippen molar-refractivity contribution in [2.24, 2.45) is 11.8 Å². The molecule has 1 saturated carbocycles. The van der Waals surface area contributed by atoms with Crippen molar-refractivity contribution in [2.45, 2.75) is 52.9 Å². The summed E-state index contributed by atoms with van der Waals surface area (Å²) < 4.78 is 4.95. The number of rotatable bonds is 6. The normalized spacial score (nSPS) is 18.6. The number of anilines is 2. The van der Waals surface area contributed by atoms with Gasteiger partial charge in [0.2, 0.25) is 11.8 Å². The van der Waals surface area contributed by atoms with Gasteiger partial charge in [-0.3, -0.25) is 9.59 Å². The first-order chi connectivity index (χ1) is 12.8. The highest BCUT2D eigenvalue weighted by Gasteiger charge is 2.48. The van der Waals surface area contributed by atoms with E-state index < -0.39 is 0 Å². The van der Waals surface area contributed by atoms with Crippen molar-refractivity contribution in [2.75, 3.05) is 10.6 Å². The average Bonchev–Trinajstić information content (AvgIpc) is 3.31. The number of aromatic nitrogens is 1. The minimum atomic E-state index is -0.323. The molecule has 3 rings (SSSR count). The van der Waals surface area contributed by atoms with Crippen LogP contribution in [0.15, 0.2) is 28.8 Å². The van der Waals surface area contributed by atoms with Crippen LogP contribution in [-0.2, 0) is 9.59 Å². The molecule has 1 heterocycles. The predicted molar refractivity (Wildman–Crippen MR) is 105 cm³/mol. The summed E-state index contributed by atoms with van der Waals surface area (Å²) in [6, 6.07) is 7.79. The van der Waals surface area contributed by atoms with Crippen LogP contribution in [-0.4, -0.2) is 17.0 Å². The first kappa shape index (κ1) is 19.1. The van der Waals surface area contributed by atoms with E-state index in [-0.39, 0.29) is 23.7 Å². The summed E-state index contributed by atoms with van der Waals surface area (Å²) in [5, 5.41) is 9.57. The van der Waals surface area contributed by atoms with Gasteiger partial charge in [0.1, 0.15) is 5.76 Å². The second-order valence-electron chi connectivity index (χ2n) is 7.87. The number of carbonyl (C=O) groups excluding carboxylic acids is 2. The Morgan fingerprint density at radius 1 is 1.04 bits per heavy atom. The van der Waals surface area contributed by atoms with Crippen LogP contribution in [0.5, 0.6) is 0 Å². The number of hydrogen-bond donors (Lipinski definition) is 2. The fourth-order valence-corrected chi connectivity index (χ4v) is 3.33. The molecule has 27 heavy (non-hydrogen) atoms. The van der Waals surface area contributed by atoms with E-state index in [1.807, 2.05) is 6.07 Å². The molecule has 2 N–H and O–H groups in total. The van der Waals surface area contributed by atoms with Crippen LogP contribution >= 0.6 is 0 Å². The van der Waals surface area contributed by atoms with E-state index in [0.717, 1.165) is 16.8 Å². The number of nitrogens with zero attached hydrogens (tertiary/aromatic N) is 1. The van der Waals surface area contributed by atoms with Crippen LogP contribution in [0.25, 0.3) is 0 Å². The number of benzene rings is 1. The van der Waals surface area contributed by atoms with Crippen molar-refractivity contribution in [1.29, 1.82) is 0 Å². The lowest BCUT2D eigenvalue weighted by molar-refractivity contribution is -0.122. The molecule has 1 fully saturated rings. The topological polar surface area (TPSA) is 84.2 Å². The Hall–Kier alpha value is -2.63. The second-order valence-corrected chi connectivity index (χ2v) is 7.87. The molecule has 2 unspecified atom stereocenters. The molecule has 0 bridgehead atoms. The zero-order valence-electron chi connectivity index (χ0n) is 16.5. The third kappa shape index (κ3) is 4.21. The Labute approximate surface area is 159 Å². The Morgan fingerprint density at radius 3 is 2.07 bits per heavy atom. The number of aryl methyl sites for hydroxylation is 1. The van der Waals surface area contributed by atoms with Crippen molar-refractivity contribution in [3.05, 3.63) is 41.2 Å². The fraction of sp³-hybridized carbons (Fsp3) is 0.476. The van der Waals surface area contributed by atoms with E-state index in [9.17, 15) is 9.59 Å². The van der Waals surface area contributed by atoms with E-state index in [2.05, 4.69) is 55.6 Å². The summed E-state index contributed by atoms with van der Waals surface area (Å²) in [5.41, 5.74) is 3.13. The highest BCUT2D eigenvalue weighted by molar-refractivity contribution is 6.03. The largest absolute Gasteiger partial charge is 0.360 e. The van der Waals surface area contributed by atoms with Crippen molar-refractivity contribution < 1.29 is 14.1 Å². The number of nitrogens with one attached hydrogen (secondary N) is 2. The van der Waals surface area contributed by atoms with Crippen LogP contribution in [0.2, 0.25) is 0 Å². The molecule has 1 aromatic carbocycles. The average molecular weight is 369 g/mol. The number of amides is 2. The third-order valence-corrected chi connectivity index (χ3v) is 4.96. The summed E-state index contributed by atoms with van der Waals surface area (Å²) in [5.74, 6) is 0.693. The minimum absolute atomic E-state index is 0.0958. The van der Waals surface area contributed by atoms with E-state index in [0.29, 0.717) is 29.8 Å². The lowest BCUT2D eigenvalue weighted by Gasteiger charge is -2.20. The SMILES string of the molecule is Cc1cc(NC(=O)C2CC2C(=O)Nc2c(C(C)C)cccc2C(C)C)no1. The number of carbonyl (C=O) groups is 2. The van der Waals surface area contributed by atoms with Crippen LogP contribution in [0.4, 0.5) is 11.5 Å².